The average molecular weight is 444 g/mol. The molecule has 0 saturated carbocycles. The van der Waals surface area contributed by atoms with Crippen molar-refractivity contribution < 1.29 is 28.9 Å². The first-order chi connectivity index (χ1) is 12.8. The van der Waals surface area contributed by atoms with Gasteiger partial charge in [-0.05, 0) is 0 Å². The van der Waals surface area contributed by atoms with Crippen LogP contribution >= 0.6 is 15.9 Å². The van der Waals surface area contributed by atoms with Gasteiger partial charge in [-0.25, -0.2) is 15.0 Å². The van der Waals surface area contributed by atoms with E-state index in [4.69, 9.17) is 19.9 Å². The summed E-state index contributed by atoms with van der Waals surface area (Å²) in [6, 6.07) is 0. The average Bonchev–Trinajstić information content (AvgIpc) is 3.15. The molecule has 5 atom stereocenters. The summed E-state index contributed by atoms with van der Waals surface area (Å²) in [7, 11) is 0. The van der Waals surface area contributed by atoms with Gasteiger partial charge in [0, 0.05) is 13.8 Å². The normalized spacial score (nSPS) is 26.1. The highest BCUT2D eigenvalue weighted by atomic mass is 79.9. The van der Waals surface area contributed by atoms with Gasteiger partial charge >= 0.3 is 11.9 Å². The number of aromatic nitrogens is 4. The number of esters is 2. The summed E-state index contributed by atoms with van der Waals surface area (Å²) in [4.78, 5) is 34.1. The summed E-state index contributed by atoms with van der Waals surface area (Å²) in [5, 5.41) is 10.6. The summed E-state index contributed by atoms with van der Waals surface area (Å²) in [6.45, 7) is 2.27. The van der Waals surface area contributed by atoms with Gasteiger partial charge in [-0.15, -0.1) is 0 Å². The van der Waals surface area contributed by atoms with Crippen LogP contribution in [0.1, 0.15) is 20.1 Å². The molecule has 12 heteroatoms. The van der Waals surface area contributed by atoms with Crippen LogP contribution in [0.25, 0.3) is 11.2 Å². The predicted octanol–water partition coefficient (Wildman–Crippen LogP) is -0.0749. The van der Waals surface area contributed by atoms with Crippen LogP contribution in [0.5, 0.6) is 0 Å². The van der Waals surface area contributed by atoms with Crippen molar-refractivity contribution in [2.45, 2.75) is 43.2 Å². The maximum absolute atomic E-state index is 11.4. The van der Waals surface area contributed by atoms with E-state index >= 15 is 0 Å². The number of ether oxygens (including phenoxy) is 3. The first-order valence-electron chi connectivity index (χ1n) is 8.00. The fraction of sp³-hybridized carbons (Fsp3) is 0.533. The molecule has 2 aromatic rings. The number of imidazole rings is 1. The van der Waals surface area contributed by atoms with E-state index in [0.717, 1.165) is 0 Å². The summed E-state index contributed by atoms with van der Waals surface area (Å²) < 4.78 is 17.6. The summed E-state index contributed by atoms with van der Waals surface area (Å²) in [5.74, 6) is -0.894. The Morgan fingerprint density at radius 2 is 2.11 bits per heavy atom. The molecule has 0 radical (unpaired) electrons. The fourth-order valence-electron chi connectivity index (χ4n) is 2.86. The second-order valence-corrected chi connectivity index (χ2v) is 7.02. The minimum absolute atomic E-state index is 0.200. The summed E-state index contributed by atoms with van der Waals surface area (Å²) in [5.41, 5.74) is 6.54. The topological polar surface area (TPSA) is 152 Å². The van der Waals surface area contributed by atoms with Crippen molar-refractivity contribution in [3.05, 3.63) is 12.7 Å². The zero-order chi connectivity index (χ0) is 19.7. The first kappa shape index (κ1) is 19.5. The molecule has 1 aliphatic rings. The van der Waals surface area contributed by atoms with Gasteiger partial charge in [0.05, 0.1) is 11.2 Å². The Morgan fingerprint density at radius 3 is 2.78 bits per heavy atom. The second kappa shape index (κ2) is 7.74. The van der Waals surface area contributed by atoms with Gasteiger partial charge < -0.3 is 25.1 Å². The molecular formula is C15H18BrN5O6. The maximum atomic E-state index is 11.4. The van der Waals surface area contributed by atoms with Gasteiger partial charge in [0.15, 0.2) is 23.8 Å². The number of aliphatic hydroxyl groups is 1. The van der Waals surface area contributed by atoms with Crippen LogP contribution in [-0.4, -0.2) is 66.3 Å². The Balaban J connectivity index is 1.88. The standard InChI is InChI=1S/C15H18BrN5O6/c1-6(22)25-3-8(26-7(2)23)12-9(16)11(24)15(27-12)21-5-20-10-13(17)18-4-19-14(10)21/h4-5,8-9,11-12,15,24H,3H2,1-2H3,(H2,17,18,19)/t8-,9+,11+,12-,15-/m1/s1. The third kappa shape index (κ3) is 3.87. The molecule has 0 amide bonds. The monoisotopic (exact) mass is 443 g/mol. The number of halogens is 1. The minimum atomic E-state index is -1.03. The number of rotatable bonds is 5. The lowest BCUT2D eigenvalue weighted by Crippen LogP contribution is -2.41. The van der Waals surface area contributed by atoms with E-state index in [1.807, 2.05) is 0 Å². The SMILES string of the molecule is CC(=O)OC[C@@H](OC(C)=O)[C@H]1O[C@@H](n2cnc3c(N)ncnc32)[C@@H](O)[C@@H]1Br. The van der Waals surface area contributed by atoms with Crippen molar-refractivity contribution in [2.75, 3.05) is 12.3 Å². The van der Waals surface area contributed by atoms with E-state index in [2.05, 4.69) is 30.9 Å². The number of hydrogen-bond donors (Lipinski definition) is 2. The third-order valence-electron chi connectivity index (χ3n) is 4.02. The van der Waals surface area contributed by atoms with E-state index in [1.165, 1.54) is 31.1 Å². The first-order valence-corrected chi connectivity index (χ1v) is 8.92. The molecule has 0 aliphatic carbocycles. The lowest BCUT2D eigenvalue weighted by atomic mass is 10.1. The van der Waals surface area contributed by atoms with E-state index in [-0.39, 0.29) is 12.4 Å². The third-order valence-corrected chi connectivity index (χ3v) is 5.09. The molecule has 11 nitrogen and oxygen atoms in total. The number of aliphatic hydroxyl groups excluding tert-OH is 1. The van der Waals surface area contributed by atoms with E-state index in [0.29, 0.717) is 11.2 Å². The molecule has 3 heterocycles. The molecule has 0 spiro atoms. The number of nitrogen functional groups attached to an aromatic ring is 1. The molecule has 146 valence electrons. The smallest absolute Gasteiger partial charge is 0.303 e. The van der Waals surface area contributed by atoms with Gasteiger partial charge in [0.25, 0.3) is 0 Å². The molecule has 3 N–H and O–H groups in total. The zero-order valence-corrected chi connectivity index (χ0v) is 16.1. The van der Waals surface area contributed by atoms with Crippen molar-refractivity contribution in [2.24, 2.45) is 0 Å². The molecule has 1 aliphatic heterocycles. The Bertz CT molecular complexity index is 860. The molecule has 0 bridgehead atoms. The second-order valence-electron chi connectivity index (χ2n) is 5.96. The van der Waals surface area contributed by atoms with Gasteiger partial charge in [-0.1, -0.05) is 15.9 Å². The molecule has 0 unspecified atom stereocenters. The van der Waals surface area contributed by atoms with Crippen LogP contribution in [0.2, 0.25) is 0 Å². The largest absolute Gasteiger partial charge is 0.462 e. The molecule has 27 heavy (non-hydrogen) atoms. The molecular weight excluding hydrogens is 426 g/mol. The van der Waals surface area contributed by atoms with Crippen molar-refractivity contribution >= 4 is 44.9 Å². The molecule has 1 fully saturated rings. The number of carbonyl (C=O) groups is 2. The number of fused-ring (bicyclic) bond motifs is 1. The lowest BCUT2D eigenvalue weighted by Gasteiger charge is -2.24. The highest BCUT2D eigenvalue weighted by Crippen LogP contribution is 2.37. The number of alkyl halides is 1. The van der Waals surface area contributed by atoms with Crippen LogP contribution in [0, 0.1) is 0 Å². The van der Waals surface area contributed by atoms with Crippen molar-refractivity contribution in [1.82, 2.24) is 19.5 Å². The van der Waals surface area contributed by atoms with Crippen LogP contribution in [0.15, 0.2) is 12.7 Å². The van der Waals surface area contributed by atoms with Gasteiger partial charge in [0.1, 0.15) is 30.7 Å². The molecule has 0 aromatic carbocycles. The number of nitrogens with two attached hydrogens (primary N) is 1. The van der Waals surface area contributed by atoms with E-state index < -0.39 is 41.3 Å². The number of nitrogens with zero attached hydrogens (tertiary/aromatic N) is 4. The maximum Gasteiger partial charge on any atom is 0.303 e. The van der Waals surface area contributed by atoms with Gasteiger partial charge in [-0.3, -0.25) is 14.2 Å². The Kier molecular flexibility index (Phi) is 5.58. The Labute approximate surface area is 162 Å². The lowest BCUT2D eigenvalue weighted by molar-refractivity contribution is -0.167. The van der Waals surface area contributed by atoms with Crippen LogP contribution in [0.4, 0.5) is 5.82 Å². The number of carbonyl (C=O) groups excluding carboxylic acids is 2. The van der Waals surface area contributed by atoms with Crippen molar-refractivity contribution in [3.63, 3.8) is 0 Å². The van der Waals surface area contributed by atoms with Crippen LogP contribution in [0.3, 0.4) is 0 Å². The highest BCUT2D eigenvalue weighted by molar-refractivity contribution is 9.09. The quantitative estimate of drug-likeness (QED) is 0.473. The Morgan fingerprint density at radius 1 is 1.37 bits per heavy atom. The van der Waals surface area contributed by atoms with E-state index in [9.17, 15) is 14.7 Å². The summed E-state index contributed by atoms with van der Waals surface area (Å²) >= 11 is 3.37. The molecule has 3 rings (SSSR count). The Hall–Kier alpha value is -2.31. The van der Waals surface area contributed by atoms with Crippen molar-refractivity contribution in [1.29, 1.82) is 0 Å². The number of hydrogen-bond acceptors (Lipinski definition) is 10. The molecule has 1 saturated heterocycles. The fourth-order valence-corrected chi connectivity index (χ4v) is 3.58. The molecule has 2 aromatic heterocycles. The van der Waals surface area contributed by atoms with Crippen molar-refractivity contribution in [3.8, 4) is 0 Å². The van der Waals surface area contributed by atoms with Gasteiger partial charge in [-0.2, -0.15) is 0 Å². The van der Waals surface area contributed by atoms with Gasteiger partial charge in [0.2, 0.25) is 0 Å². The summed E-state index contributed by atoms with van der Waals surface area (Å²) in [6.07, 6.45) is -0.899. The minimum Gasteiger partial charge on any atom is -0.462 e. The van der Waals surface area contributed by atoms with Crippen LogP contribution in [-0.2, 0) is 23.8 Å². The number of anilines is 1. The predicted molar refractivity (Wildman–Crippen MR) is 94.6 cm³/mol. The van der Waals surface area contributed by atoms with Crippen LogP contribution < -0.4 is 5.73 Å². The van der Waals surface area contributed by atoms with E-state index in [1.54, 1.807) is 0 Å². The highest BCUT2D eigenvalue weighted by Gasteiger charge is 2.48. The zero-order valence-electron chi connectivity index (χ0n) is 14.5.